The summed E-state index contributed by atoms with van der Waals surface area (Å²) in [6.07, 6.45) is 0. The second-order valence-electron chi connectivity index (χ2n) is 1.07. The summed E-state index contributed by atoms with van der Waals surface area (Å²) in [5.41, 5.74) is 0. The summed E-state index contributed by atoms with van der Waals surface area (Å²) in [7, 11) is 0. The Morgan fingerprint density at radius 1 is 1.71 bits per heavy atom. The van der Waals surface area contributed by atoms with Gasteiger partial charge in [-0.2, -0.15) is 0 Å². The van der Waals surface area contributed by atoms with Crippen molar-refractivity contribution in [2.45, 2.75) is 6.92 Å². The molecule has 42 valence electrons. The molecule has 0 rings (SSSR count). The Labute approximate surface area is 53.3 Å². The minimum absolute atomic E-state index is 0.546. The van der Waals surface area contributed by atoms with E-state index in [0.717, 1.165) is 0 Å². The molecular formula is C4H7Cl2N. The van der Waals surface area contributed by atoms with E-state index in [0.29, 0.717) is 17.6 Å². The van der Waals surface area contributed by atoms with E-state index in [1.54, 1.807) is 6.92 Å². The van der Waals surface area contributed by atoms with Crippen molar-refractivity contribution in [3.05, 3.63) is 0 Å². The molecule has 0 saturated carbocycles. The lowest BCUT2D eigenvalue weighted by Crippen LogP contribution is -1.83. The Bertz CT molecular complexity index is 66.1. The Hall–Kier alpha value is 0.250. The van der Waals surface area contributed by atoms with Crippen LogP contribution in [0.25, 0.3) is 0 Å². The van der Waals surface area contributed by atoms with Crippen LogP contribution < -0.4 is 0 Å². The van der Waals surface area contributed by atoms with Gasteiger partial charge >= 0.3 is 0 Å². The Balaban J connectivity index is 3.08. The largest absolute Gasteiger partial charge is 0.277 e. The molecule has 0 aromatic heterocycles. The second kappa shape index (κ2) is 4.41. The molecule has 3 heteroatoms. The number of halogens is 2. The minimum atomic E-state index is 0.546. The lowest BCUT2D eigenvalue weighted by Gasteiger charge is -1.82. The van der Waals surface area contributed by atoms with Crippen LogP contribution in [0.1, 0.15) is 6.92 Å². The van der Waals surface area contributed by atoms with E-state index in [4.69, 9.17) is 23.2 Å². The first-order chi connectivity index (χ1) is 3.27. The quantitative estimate of drug-likeness (QED) is 0.410. The van der Waals surface area contributed by atoms with E-state index >= 15 is 0 Å². The summed E-state index contributed by atoms with van der Waals surface area (Å²) in [5.74, 6) is 0.546. The molecule has 0 unspecified atom stereocenters. The van der Waals surface area contributed by atoms with Crippen LogP contribution in [0.2, 0.25) is 0 Å². The molecular weight excluding hydrogens is 133 g/mol. The van der Waals surface area contributed by atoms with Crippen molar-refractivity contribution in [2.75, 3.05) is 12.4 Å². The number of hydrogen-bond donors (Lipinski definition) is 0. The van der Waals surface area contributed by atoms with Crippen LogP contribution in [0.5, 0.6) is 0 Å². The van der Waals surface area contributed by atoms with Crippen LogP contribution in [0.15, 0.2) is 4.99 Å². The van der Waals surface area contributed by atoms with Gasteiger partial charge in [-0.15, -0.1) is 11.6 Å². The monoisotopic (exact) mass is 139 g/mol. The Morgan fingerprint density at radius 3 is 2.43 bits per heavy atom. The van der Waals surface area contributed by atoms with Gasteiger partial charge in [-0.1, -0.05) is 11.6 Å². The molecule has 0 bridgehead atoms. The zero-order chi connectivity index (χ0) is 5.70. The van der Waals surface area contributed by atoms with Gasteiger partial charge in [0.15, 0.2) is 0 Å². The van der Waals surface area contributed by atoms with Crippen LogP contribution in [0.3, 0.4) is 0 Å². The van der Waals surface area contributed by atoms with Gasteiger partial charge in [0.2, 0.25) is 0 Å². The van der Waals surface area contributed by atoms with Gasteiger partial charge in [0, 0.05) is 5.88 Å². The van der Waals surface area contributed by atoms with Gasteiger partial charge in [0.1, 0.15) is 0 Å². The fourth-order valence-corrected chi connectivity index (χ4v) is 0.365. The van der Waals surface area contributed by atoms with E-state index in [-0.39, 0.29) is 0 Å². The fourth-order valence-electron chi connectivity index (χ4n) is 0.196. The molecule has 0 atom stereocenters. The minimum Gasteiger partial charge on any atom is -0.277 e. The maximum absolute atomic E-state index is 5.35. The number of rotatable bonds is 2. The fraction of sp³-hybridized carbons (Fsp3) is 0.750. The summed E-state index contributed by atoms with van der Waals surface area (Å²) in [6.45, 7) is 2.35. The SMILES string of the molecule is CC(Cl)=NCCCl. The molecule has 0 saturated heterocycles. The summed E-state index contributed by atoms with van der Waals surface area (Å²) < 4.78 is 0. The number of hydrogen-bond acceptors (Lipinski definition) is 1. The molecule has 0 amide bonds. The van der Waals surface area contributed by atoms with Crippen molar-refractivity contribution < 1.29 is 0 Å². The number of nitrogens with zero attached hydrogens (tertiary/aromatic N) is 1. The molecule has 0 spiro atoms. The Kier molecular flexibility index (Phi) is 4.57. The average molecular weight is 140 g/mol. The van der Waals surface area contributed by atoms with Crippen LogP contribution in [0.4, 0.5) is 0 Å². The van der Waals surface area contributed by atoms with E-state index in [1.165, 1.54) is 0 Å². The molecule has 0 aromatic carbocycles. The zero-order valence-corrected chi connectivity index (χ0v) is 5.63. The number of alkyl halides is 1. The summed E-state index contributed by atoms with van der Waals surface area (Å²) in [5, 5.41) is 0.570. The van der Waals surface area contributed by atoms with E-state index < -0.39 is 0 Å². The summed E-state index contributed by atoms with van der Waals surface area (Å²) in [4.78, 5) is 3.79. The molecule has 0 radical (unpaired) electrons. The van der Waals surface area contributed by atoms with Crippen LogP contribution in [0, 0.1) is 0 Å². The van der Waals surface area contributed by atoms with Crippen LogP contribution >= 0.6 is 23.2 Å². The zero-order valence-electron chi connectivity index (χ0n) is 4.12. The summed E-state index contributed by atoms with van der Waals surface area (Å²) in [6, 6.07) is 0. The third-order valence-corrected chi connectivity index (χ3v) is 0.703. The van der Waals surface area contributed by atoms with E-state index in [2.05, 4.69) is 4.99 Å². The maximum atomic E-state index is 5.35. The second-order valence-corrected chi connectivity index (χ2v) is 1.99. The highest BCUT2D eigenvalue weighted by atomic mass is 35.5. The lowest BCUT2D eigenvalue weighted by molar-refractivity contribution is 1.14. The lowest BCUT2D eigenvalue weighted by atomic mass is 10.7. The molecule has 0 aliphatic rings. The predicted molar refractivity (Wildman–Crippen MR) is 34.5 cm³/mol. The molecule has 1 nitrogen and oxygen atoms in total. The average Bonchev–Trinajstić information content (AvgIpc) is 1.61. The van der Waals surface area contributed by atoms with Crippen LogP contribution in [-0.2, 0) is 0 Å². The van der Waals surface area contributed by atoms with Crippen molar-refractivity contribution in [2.24, 2.45) is 4.99 Å². The van der Waals surface area contributed by atoms with Crippen molar-refractivity contribution >= 4 is 28.4 Å². The molecule has 0 aliphatic carbocycles. The standard InChI is InChI=1S/C4H7Cl2N/c1-4(6)7-3-2-5/h2-3H2,1H3. The highest BCUT2D eigenvalue weighted by molar-refractivity contribution is 6.64. The highest BCUT2D eigenvalue weighted by Crippen LogP contribution is 1.83. The molecule has 0 heterocycles. The van der Waals surface area contributed by atoms with Gasteiger partial charge in [0.05, 0.1) is 11.7 Å². The van der Waals surface area contributed by atoms with Crippen molar-refractivity contribution in [1.82, 2.24) is 0 Å². The maximum Gasteiger partial charge on any atom is 0.0972 e. The molecule has 0 aromatic rings. The first-order valence-electron chi connectivity index (χ1n) is 2.00. The molecule has 0 N–H and O–H groups in total. The van der Waals surface area contributed by atoms with Crippen LogP contribution in [-0.4, -0.2) is 17.6 Å². The van der Waals surface area contributed by atoms with Gasteiger partial charge in [-0.05, 0) is 6.92 Å². The predicted octanol–water partition coefficient (Wildman–Crippen LogP) is 1.88. The third kappa shape index (κ3) is 6.25. The molecule has 0 fully saturated rings. The van der Waals surface area contributed by atoms with Gasteiger partial charge in [-0.25, -0.2) is 0 Å². The van der Waals surface area contributed by atoms with E-state index in [9.17, 15) is 0 Å². The topological polar surface area (TPSA) is 12.4 Å². The Morgan fingerprint density at radius 2 is 2.29 bits per heavy atom. The van der Waals surface area contributed by atoms with Crippen molar-refractivity contribution in [1.29, 1.82) is 0 Å². The number of aliphatic imine (C=N–C) groups is 1. The van der Waals surface area contributed by atoms with Crippen molar-refractivity contribution in [3.63, 3.8) is 0 Å². The first kappa shape index (κ1) is 7.25. The molecule has 0 aliphatic heterocycles. The third-order valence-electron chi connectivity index (χ3n) is 0.414. The normalized spacial score (nSPS) is 12.1. The summed E-state index contributed by atoms with van der Waals surface area (Å²) >= 11 is 10.6. The van der Waals surface area contributed by atoms with Crippen molar-refractivity contribution in [3.8, 4) is 0 Å². The van der Waals surface area contributed by atoms with Gasteiger partial charge < -0.3 is 0 Å². The smallest absolute Gasteiger partial charge is 0.0972 e. The highest BCUT2D eigenvalue weighted by Gasteiger charge is 1.77. The first-order valence-corrected chi connectivity index (χ1v) is 2.91. The molecule has 7 heavy (non-hydrogen) atoms. The van der Waals surface area contributed by atoms with Gasteiger partial charge in [0.25, 0.3) is 0 Å². The van der Waals surface area contributed by atoms with E-state index in [1.807, 2.05) is 0 Å². The van der Waals surface area contributed by atoms with Gasteiger partial charge in [-0.3, -0.25) is 4.99 Å².